The summed E-state index contributed by atoms with van der Waals surface area (Å²) in [5.41, 5.74) is 11.8. The predicted octanol–water partition coefficient (Wildman–Crippen LogP) is 5.15. The lowest BCUT2D eigenvalue weighted by Gasteiger charge is -2.22. The van der Waals surface area contributed by atoms with Crippen LogP contribution in [0, 0.1) is 0 Å². The molecule has 10 nitrogen and oxygen atoms in total. The van der Waals surface area contributed by atoms with Gasteiger partial charge < -0.3 is 26.0 Å². The molecule has 0 saturated heterocycles. The van der Waals surface area contributed by atoms with Crippen LogP contribution in [0.2, 0.25) is 0 Å². The highest BCUT2D eigenvalue weighted by Crippen LogP contribution is 2.29. The number of pyridine rings is 1. The topological polar surface area (TPSA) is 139 Å². The Morgan fingerprint density at radius 3 is 2.55 bits per heavy atom. The molecule has 44 heavy (non-hydrogen) atoms. The zero-order valence-electron chi connectivity index (χ0n) is 25.1. The molecule has 3 amide bonds. The number of nitrogens with zero attached hydrogens (tertiary/aromatic N) is 3. The number of carbonyl (C=O) groups is 3. The van der Waals surface area contributed by atoms with E-state index in [4.69, 9.17) is 10.5 Å². The van der Waals surface area contributed by atoms with Crippen molar-refractivity contribution in [2.24, 2.45) is 10.7 Å². The number of benzene rings is 2. The molecule has 0 radical (unpaired) electrons. The van der Waals surface area contributed by atoms with Gasteiger partial charge in [-0.1, -0.05) is 50.2 Å². The average molecular weight is 595 g/mol. The van der Waals surface area contributed by atoms with Crippen molar-refractivity contribution >= 4 is 41.2 Å². The minimum atomic E-state index is -0.475. The summed E-state index contributed by atoms with van der Waals surface area (Å²) >= 11 is 0. The number of carbonyl (C=O) groups excluding carboxylic acids is 3. The van der Waals surface area contributed by atoms with E-state index in [1.165, 1.54) is 0 Å². The molecule has 1 unspecified atom stereocenters. The van der Waals surface area contributed by atoms with E-state index in [1.54, 1.807) is 24.4 Å². The molecule has 5 rings (SSSR count). The Labute approximate surface area is 257 Å². The first kappa shape index (κ1) is 30.5. The summed E-state index contributed by atoms with van der Waals surface area (Å²) < 4.78 is 5.35. The molecule has 0 saturated carbocycles. The Bertz CT molecular complexity index is 1590. The minimum Gasteiger partial charge on any atom is -0.445 e. The Balaban J connectivity index is 1.22. The monoisotopic (exact) mass is 594 g/mol. The fraction of sp³-hybridized carbons (Fsp3) is 0.324. The molecule has 1 aliphatic carbocycles. The lowest BCUT2D eigenvalue weighted by atomic mass is 10.0. The Kier molecular flexibility index (Phi) is 9.69. The maximum atomic E-state index is 13.3. The maximum absolute atomic E-state index is 13.3. The number of aliphatic imine (C=N–C) groups is 1. The van der Waals surface area contributed by atoms with E-state index in [0.29, 0.717) is 54.3 Å². The van der Waals surface area contributed by atoms with E-state index in [1.807, 2.05) is 47.4 Å². The van der Waals surface area contributed by atoms with Crippen molar-refractivity contribution in [2.75, 3.05) is 18.4 Å². The summed E-state index contributed by atoms with van der Waals surface area (Å²) in [6, 6.07) is 16.4. The lowest BCUT2D eigenvalue weighted by molar-refractivity contribution is -0.127. The Morgan fingerprint density at radius 2 is 1.80 bits per heavy atom. The SMILES string of the molecule is CCCN(CCC)C(=O)C1=Cc2ccc(C(=O)Nc3cnc4c(c3)CC(NC(=O)OCc3ccccc3)C4)cc2N=C(N)C1. The van der Waals surface area contributed by atoms with Crippen molar-refractivity contribution in [3.8, 4) is 0 Å². The standard InChI is InChI=1S/C34H38N6O4/c1-3-12-40(13-4-2)33(42)26-14-23-10-11-24(17-30(23)39-31(35)18-26)32(41)37-28-16-25-15-27(19-29(25)36-20-28)38-34(43)44-21-22-8-6-5-7-9-22/h5-11,14,16-17,20,27H,3-4,12-13,15,18-19,21H2,1-2H3,(H2,35,39)(H,37,41)(H,38,43). The number of anilines is 1. The number of hydrogen-bond donors (Lipinski definition) is 3. The largest absolute Gasteiger partial charge is 0.445 e. The van der Waals surface area contributed by atoms with Gasteiger partial charge in [0.2, 0.25) is 5.91 Å². The van der Waals surface area contributed by atoms with E-state index >= 15 is 0 Å². The summed E-state index contributed by atoms with van der Waals surface area (Å²) in [5, 5.41) is 5.83. The van der Waals surface area contributed by atoms with Crippen molar-refractivity contribution in [3.05, 3.63) is 94.3 Å². The molecule has 228 valence electrons. The highest BCUT2D eigenvalue weighted by molar-refractivity contribution is 6.08. The first-order valence-corrected chi connectivity index (χ1v) is 15.1. The van der Waals surface area contributed by atoms with Gasteiger partial charge in [0.15, 0.2) is 0 Å². The first-order valence-electron chi connectivity index (χ1n) is 15.1. The van der Waals surface area contributed by atoms with Crippen LogP contribution in [0.1, 0.15) is 65.9 Å². The number of fused-ring (bicyclic) bond motifs is 2. The summed E-state index contributed by atoms with van der Waals surface area (Å²) in [5.74, 6) is -0.0296. The Morgan fingerprint density at radius 1 is 1.02 bits per heavy atom. The number of nitrogens with two attached hydrogens (primary N) is 1. The van der Waals surface area contributed by atoms with Crippen molar-refractivity contribution in [1.82, 2.24) is 15.2 Å². The van der Waals surface area contributed by atoms with Crippen LogP contribution in [-0.2, 0) is 29.0 Å². The number of nitrogens with one attached hydrogen (secondary N) is 2. The molecule has 2 heterocycles. The Hall–Kier alpha value is -4.99. The minimum absolute atomic E-state index is 0.0351. The van der Waals surface area contributed by atoms with Gasteiger partial charge in [-0.15, -0.1) is 0 Å². The second-order valence-corrected chi connectivity index (χ2v) is 11.1. The molecule has 0 bridgehead atoms. The van der Waals surface area contributed by atoms with Crippen LogP contribution in [-0.4, -0.2) is 52.8 Å². The van der Waals surface area contributed by atoms with Crippen molar-refractivity contribution in [2.45, 2.75) is 58.6 Å². The summed E-state index contributed by atoms with van der Waals surface area (Å²) in [7, 11) is 0. The van der Waals surface area contributed by atoms with E-state index in [2.05, 4.69) is 34.5 Å². The van der Waals surface area contributed by atoms with Gasteiger partial charge in [0, 0.05) is 54.4 Å². The molecular formula is C34H38N6O4. The van der Waals surface area contributed by atoms with Crippen LogP contribution in [0.25, 0.3) is 6.08 Å². The van der Waals surface area contributed by atoms with E-state index in [-0.39, 0.29) is 30.9 Å². The number of amides is 3. The van der Waals surface area contributed by atoms with E-state index < -0.39 is 6.09 Å². The zero-order valence-corrected chi connectivity index (χ0v) is 25.1. The van der Waals surface area contributed by atoms with Gasteiger partial charge in [0.25, 0.3) is 5.91 Å². The van der Waals surface area contributed by atoms with Crippen LogP contribution in [0.4, 0.5) is 16.2 Å². The van der Waals surface area contributed by atoms with Gasteiger partial charge in [0.1, 0.15) is 12.4 Å². The van der Waals surface area contributed by atoms with Gasteiger partial charge in [-0.25, -0.2) is 9.79 Å². The van der Waals surface area contributed by atoms with Crippen LogP contribution in [0.3, 0.4) is 0 Å². The third-order valence-corrected chi connectivity index (χ3v) is 7.57. The molecule has 1 aromatic heterocycles. The predicted molar refractivity (Wildman–Crippen MR) is 171 cm³/mol. The fourth-order valence-electron chi connectivity index (χ4n) is 5.50. The molecule has 1 aliphatic heterocycles. The number of ether oxygens (including phenoxy) is 1. The summed E-state index contributed by atoms with van der Waals surface area (Å²) in [4.78, 5) is 49.7. The van der Waals surface area contributed by atoms with Crippen molar-refractivity contribution in [3.63, 3.8) is 0 Å². The average Bonchev–Trinajstić information content (AvgIpc) is 3.33. The smallest absolute Gasteiger partial charge is 0.407 e. The summed E-state index contributed by atoms with van der Waals surface area (Å²) in [6.45, 7) is 5.67. The molecule has 2 aromatic carbocycles. The molecule has 1 atom stereocenters. The van der Waals surface area contributed by atoms with Crippen LogP contribution < -0.4 is 16.4 Å². The number of alkyl carbamates (subject to hydrolysis) is 1. The second kappa shape index (κ2) is 14.0. The second-order valence-electron chi connectivity index (χ2n) is 11.1. The van der Waals surface area contributed by atoms with Gasteiger partial charge >= 0.3 is 6.09 Å². The van der Waals surface area contributed by atoms with Crippen LogP contribution in [0.5, 0.6) is 0 Å². The van der Waals surface area contributed by atoms with Gasteiger partial charge in [-0.3, -0.25) is 14.6 Å². The van der Waals surface area contributed by atoms with Crippen LogP contribution >= 0.6 is 0 Å². The van der Waals surface area contributed by atoms with Gasteiger partial charge in [-0.2, -0.15) is 0 Å². The normalized spacial score (nSPS) is 15.2. The molecule has 2 aliphatic rings. The van der Waals surface area contributed by atoms with E-state index in [9.17, 15) is 14.4 Å². The highest BCUT2D eigenvalue weighted by atomic mass is 16.5. The van der Waals surface area contributed by atoms with Gasteiger partial charge in [0.05, 0.1) is 17.6 Å². The highest BCUT2D eigenvalue weighted by Gasteiger charge is 2.26. The summed E-state index contributed by atoms with van der Waals surface area (Å²) in [6.07, 6.45) is 6.13. The molecule has 0 fully saturated rings. The number of hydrogen-bond acceptors (Lipinski definition) is 7. The lowest BCUT2D eigenvalue weighted by Crippen LogP contribution is -2.35. The molecule has 0 spiro atoms. The van der Waals surface area contributed by atoms with Gasteiger partial charge in [-0.05, 0) is 54.7 Å². The fourth-order valence-corrected chi connectivity index (χ4v) is 5.50. The zero-order chi connectivity index (χ0) is 31.1. The number of rotatable bonds is 10. The molecule has 10 heteroatoms. The van der Waals surface area contributed by atoms with Crippen LogP contribution in [0.15, 0.2) is 71.4 Å². The maximum Gasteiger partial charge on any atom is 0.407 e. The third kappa shape index (κ3) is 7.50. The molecule has 4 N–H and O–H groups in total. The molecule has 3 aromatic rings. The van der Waals surface area contributed by atoms with Crippen molar-refractivity contribution < 1.29 is 19.1 Å². The molecular weight excluding hydrogens is 556 g/mol. The van der Waals surface area contributed by atoms with Crippen molar-refractivity contribution in [1.29, 1.82) is 0 Å². The number of amidine groups is 1. The quantitative estimate of drug-likeness (QED) is 0.297. The first-order chi connectivity index (χ1) is 21.3. The third-order valence-electron chi connectivity index (χ3n) is 7.57. The number of aromatic nitrogens is 1. The van der Waals surface area contributed by atoms with E-state index in [0.717, 1.165) is 35.2 Å².